The summed E-state index contributed by atoms with van der Waals surface area (Å²) in [6, 6.07) is 4.98. The van der Waals surface area contributed by atoms with Gasteiger partial charge < -0.3 is 20.5 Å². The van der Waals surface area contributed by atoms with Crippen molar-refractivity contribution in [3.63, 3.8) is 0 Å². The summed E-state index contributed by atoms with van der Waals surface area (Å²) in [7, 11) is 1.96. The number of piperidine rings is 1. The zero-order valence-corrected chi connectivity index (χ0v) is 35.1. The molecule has 1 aromatic carbocycles. The summed E-state index contributed by atoms with van der Waals surface area (Å²) in [5.41, 5.74) is 0.665. The summed E-state index contributed by atoms with van der Waals surface area (Å²) >= 11 is 1.14. The smallest absolute Gasteiger partial charge is 0.306 e. The summed E-state index contributed by atoms with van der Waals surface area (Å²) in [6.45, 7) is 11.3. The molecule has 1 aliphatic heterocycles. The fourth-order valence-electron chi connectivity index (χ4n) is 6.85. The molecule has 1 saturated heterocycles. The topological polar surface area (TPSA) is 167 Å². The van der Waals surface area contributed by atoms with Crippen LogP contribution in [-0.4, -0.2) is 82.1 Å². The molecule has 13 nitrogen and oxygen atoms in total. The van der Waals surface area contributed by atoms with Crippen LogP contribution in [0.1, 0.15) is 110 Å². The molecular weight excluding hydrogens is 754 g/mol. The normalized spacial score (nSPS) is 17.6. The number of esters is 1. The molecule has 3 N–H and O–H groups in total. The van der Waals surface area contributed by atoms with Crippen molar-refractivity contribution < 1.29 is 43.0 Å². The Labute approximate surface area is 340 Å². The van der Waals surface area contributed by atoms with Gasteiger partial charge in [0.2, 0.25) is 11.8 Å². The first-order chi connectivity index (χ1) is 27.1. The van der Waals surface area contributed by atoms with Gasteiger partial charge in [0.25, 0.3) is 5.91 Å². The number of anilines is 1. The van der Waals surface area contributed by atoms with Crippen LogP contribution in [0.15, 0.2) is 29.6 Å². The van der Waals surface area contributed by atoms with E-state index in [1.165, 1.54) is 31.0 Å². The number of aliphatic carboxylic acids is 1. The lowest BCUT2D eigenvalue weighted by atomic mass is 9.88. The van der Waals surface area contributed by atoms with E-state index in [1.807, 2.05) is 34.7 Å². The van der Waals surface area contributed by atoms with Gasteiger partial charge in [-0.2, -0.15) is 0 Å². The van der Waals surface area contributed by atoms with E-state index in [0.717, 1.165) is 37.1 Å². The number of carboxylic acid groups (broad SMARTS) is 1. The number of halogens is 1. The molecule has 0 unspecified atom stereocenters. The van der Waals surface area contributed by atoms with Crippen LogP contribution < -0.4 is 10.6 Å². The highest BCUT2D eigenvalue weighted by molar-refractivity contribution is 7.10. The zero-order chi connectivity index (χ0) is 42.2. The number of unbranched alkanes of at least 4 members (excludes halogenated alkanes) is 1. The molecule has 1 aliphatic rings. The number of ether oxygens (including phenoxy) is 1. The number of likely N-dealkylation sites (tertiary alicyclic amines) is 1. The fourth-order valence-corrected chi connectivity index (χ4v) is 7.64. The van der Waals surface area contributed by atoms with Gasteiger partial charge in [0, 0.05) is 31.1 Å². The maximum Gasteiger partial charge on any atom is 0.306 e. The molecule has 0 radical (unpaired) electrons. The minimum absolute atomic E-state index is 0.0277. The second kappa shape index (κ2) is 23.1. The van der Waals surface area contributed by atoms with Gasteiger partial charge in [-0.15, -0.1) is 23.7 Å². The van der Waals surface area contributed by atoms with E-state index >= 15 is 0 Å². The number of amides is 3. The lowest BCUT2D eigenvalue weighted by Gasteiger charge is -2.38. The molecule has 3 amide bonds. The van der Waals surface area contributed by atoms with Crippen LogP contribution in [-0.2, 0) is 40.0 Å². The van der Waals surface area contributed by atoms with Crippen molar-refractivity contribution in [2.75, 3.05) is 25.5 Å². The van der Waals surface area contributed by atoms with Gasteiger partial charge >= 0.3 is 11.9 Å². The Morgan fingerprint density at radius 1 is 1.11 bits per heavy atom. The summed E-state index contributed by atoms with van der Waals surface area (Å²) < 4.78 is 19.4. The number of hydroxylamine groups is 2. The van der Waals surface area contributed by atoms with E-state index in [1.54, 1.807) is 17.5 Å². The summed E-state index contributed by atoms with van der Waals surface area (Å²) in [5.74, 6) is -3.89. The monoisotopic (exact) mass is 813 g/mol. The first-order valence-electron chi connectivity index (χ1n) is 19.9. The Bertz CT molecular complexity index is 1680. The number of terminal acetylenes is 1. The van der Waals surface area contributed by atoms with E-state index in [-0.39, 0.29) is 55.6 Å². The quantitative estimate of drug-likeness (QED) is 0.0388. The van der Waals surface area contributed by atoms with Crippen molar-refractivity contribution >= 4 is 46.8 Å². The number of nitrogens with one attached hydrogen (secondary N) is 2. The lowest BCUT2D eigenvalue weighted by Crippen LogP contribution is -2.55. The first kappa shape index (κ1) is 47.0. The van der Waals surface area contributed by atoms with Crippen LogP contribution in [0.25, 0.3) is 0 Å². The van der Waals surface area contributed by atoms with Crippen molar-refractivity contribution in [3.05, 3.63) is 46.0 Å². The molecule has 1 aromatic heterocycles. The van der Waals surface area contributed by atoms with Gasteiger partial charge in [0.1, 0.15) is 22.6 Å². The Hall–Kier alpha value is -4.39. The maximum absolute atomic E-state index is 14.7. The second-order valence-corrected chi connectivity index (χ2v) is 16.3. The van der Waals surface area contributed by atoms with Gasteiger partial charge in [0.05, 0.1) is 24.7 Å². The molecule has 0 aliphatic carbocycles. The van der Waals surface area contributed by atoms with Crippen LogP contribution in [0.2, 0.25) is 0 Å². The molecule has 314 valence electrons. The van der Waals surface area contributed by atoms with E-state index in [2.05, 4.69) is 26.4 Å². The average Bonchev–Trinajstić information content (AvgIpc) is 3.63. The lowest BCUT2D eigenvalue weighted by molar-refractivity contribution is -0.215. The molecule has 3 rings (SSSR count). The van der Waals surface area contributed by atoms with Crippen molar-refractivity contribution in [3.8, 4) is 12.3 Å². The number of benzene rings is 1. The Balaban J connectivity index is 1.93. The number of aromatic nitrogens is 1. The van der Waals surface area contributed by atoms with Gasteiger partial charge in [-0.1, -0.05) is 53.2 Å². The fraction of sp³-hybridized carbons (Fsp3) is 0.619. The summed E-state index contributed by atoms with van der Waals surface area (Å²) in [5, 5.41) is 18.7. The molecule has 0 spiro atoms. The Kier molecular flexibility index (Phi) is 19.1. The molecular formula is C42H60FN5O8S. The molecule has 15 heteroatoms. The average molecular weight is 814 g/mol. The van der Waals surface area contributed by atoms with Crippen molar-refractivity contribution in [1.82, 2.24) is 20.3 Å². The highest BCUT2D eigenvalue weighted by Crippen LogP contribution is 2.34. The van der Waals surface area contributed by atoms with Gasteiger partial charge in [-0.25, -0.2) is 14.4 Å². The SMILES string of the molecule is C#CCCCON(C(=O)[C@H](C(=O)N[C@H]1CCCCN1C)[C@@H](C)CC)[C@H](C[C@@H](OC(C)=O)c1nc(NC(=O)[C@@H](Cc2ccc(F)cc2)C[C@H](C)C(=O)O)cs1)C(C)C. The standard InChI is InChI=1S/C42H60FN5O8S/c1-9-11-14-21-55-48(41(52)37(27(5)10-2)39(51)46-36-15-12-13-20-47(36)8)33(26(3)4)24-34(56-29(7)49)40-45-35(25-57-40)44-38(50)31(22-28(6)42(53)54)23-30-16-18-32(43)19-17-30/h1,16-19,25-28,31,33-34,36-37H,10-15,20-24H2,2-8H3,(H,44,50)(H,46,51)(H,53,54)/t27-,28-,31+,33+,34+,36+,37-/m0/s1. The van der Waals surface area contributed by atoms with E-state index in [0.29, 0.717) is 29.8 Å². The highest BCUT2D eigenvalue weighted by atomic mass is 32.1. The highest BCUT2D eigenvalue weighted by Gasteiger charge is 2.41. The number of carbonyl (C=O) groups excluding carboxylic acids is 4. The molecule has 0 saturated carbocycles. The minimum Gasteiger partial charge on any atom is -0.481 e. The molecule has 2 aromatic rings. The number of carbonyl (C=O) groups is 5. The third-order valence-corrected chi connectivity index (χ3v) is 11.4. The van der Waals surface area contributed by atoms with Gasteiger partial charge in [-0.05, 0) is 81.6 Å². The van der Waals surface area contributed by atoms with E-state index < -0.39 is 59.5 Å². The third-order valence-electron chi connectivity index (χ3n) is 10.5. The number of thiazole rings is 1. The molecule has 57 heavy (non-hydrogen) atoms. The molecule has 0 bridgehead atoms. The van der Waals surface area contributed by atoms with Crippen LogP contribution in [0.5, 0.6) is 0 Å². The second-order valence-electron chi connectivity index (χ2n) is 15.4. The number of nitrogens with zero attached hydrogens (tertiary/aromatic N) is 3. The molecule has 1 fully saturated rings. The number of carboxylic acids is 1. The third kappa shape index (κ3) is 14.5. The molecule has 2 heterocycles. The predicted octanol–water partition coefficient (Wildman–Crippen LogP) is 6.60. The predicted molar refractivity (Wildman–Crippen MR) is 216 cm³/mol. The Morgan fingerprint density at radius 2 is 1.81 bits per heavy atom. The first-order valence-corrected chi connectivity index (χ1v) is 20.7. The van der Waals surface area contributed by atoms with Crippen LogP contribution >= 0.6 is 11.3 Å². The summed E-state index contributed by atoms with van der Waals surface area (Å²) in [6.07, 6.45) is 8.82. The maximum atomic E-state index is 14.7. The van der Waals surface area contributed by atoms with Crippen molar-refractivity contribution in [2.24, 2.45) is 29.6 Å². The van der Waals surface area contributed by atoms with Gasteiger partial charge in [0.15, 0.2) is 6.10 Å². The largest absolute Gasteiger partial charge is 0.481 e. The van der Waals surface area contributed by atoms with E-state index in [9.17, 15) is 33.5 Å². The summed E-state index contributed by atoms with van der Waals surface area (Å²) in [4.78, 5) is 79.4. The van der Waals surface area contributed by atoms with Crippen molar-refractivity contribution in [2.45, 2.75) is 118 Å². The minimum atomic E-state index is -1.06. The van der Waals surface area contributed by atoms with Crippen LogP contribution in [0, 0.1) is 47.8 Å². The number of hydrogen-bond acceptors (Lipinski definition) is 10. The zero-order valence-electron chi connectivity index (χ0n) is 34.3. The Morgan fingerprint density at radius 3 is 2.40 bits per heavy atom. The molecule has 7 atom stereocenters. The van der Waals surface area contributed by atoms with Crippen LogP contribution in [0.4, 0.5) is 10.2 Å². The number of hydrogen-bond donors (Lipinski definition) is 3. The number of rotatable bonds is 22. The van der Waals surface area contributed by atoms with Crippen molar-refractivity contribution in [1.29, 1.82) is 0 Å². The van der Waals surface area contributed by atoms with E-state index in [4.69, 9.17) is 16.0 Å². The van der Waals surface area contributed by atoms with Gasteiger partial charge in [-0.3, -0.25) is 33.7 Å². The van der Waals surface area contributed by atoms with Crippen LogP contribution in [0.3, 0.4) is 0 Å².